The van der Waals surface area contributed by atoms with E-state index in [0.717, 1.165) is 6.07 Å². The van der Waals surface area contributed by atoms with Gasteiger partial charge in [-0.15, -0.1) is 11.6 Å². The first-order valence-electron chi connectivity index (χ1n) is 6.00. The third-order valence-electron chi connectivity index (χ3n) is 3.15. The number of carbonyl (C=O) groups is 2. The van der Waals surface area contributed by atoms with Crippen LogP contribution >= 0.6 is 11.6 Å². The van der Waals surface area contributed by atoms with E-state index in [1.807, 2.05) is 0 Å². The number of carbonyl (C=O) groups excluding carboxylic acids is 2. The van der Waals surface area contributed by atoms with Gasteiger partial charge in [0, 0.05) is 17.7 Å². The molecule has 0 fully saturated rings. The quantitative estimate of drug-likeness (QED) is 0.496. The smallest absolute Gasteiger partial charge is 0.270 e. The molecule has 7 heteroatoms. The summed E-state index contributed by atoms with van der Waals surface area (Å²) in [5.41, 5.74) is -1.13. The first-order chi connectivity index (χ1) is 9.34. The van der Waals surface area contributed by atoms with Crippen molar-refractivity contribution in [2.45, 2.75) is 25.8 Å². The average molecular weight is 299 g/mol. The first kappa shape index (κ1) is 16.1. The van der Waals surface area contributed by atoms with E-state index in [0.29, 0.717) is 6.42 Å². The molecule has 6 nitrogen and oxygen atoms in total. The molecule has 0 saturated heterocycles. The van der Waals surface area contributed by atoms with E-state index in [-0.39, 0.29) is 22.9 Å². The molecule has 0 heterocycles. The van der Waals surface area contributed by atoms with Crippen LogP contribution in [0.4, 0.5) is 5.69 Å². The van der Waals surface area contributed by atoms with Gasteiger partial charge in [0.1, 0.15) is 0 Å². The molecule has 1 atom stereocenters. The summed E-state index contributed by atoms with van der Waals surface area (Å²) in [5, 5.41) is 13.3. The highest BCUT2D eigenvalue weighted by atomic mass is 35.5. The second-order valence-corrected chi connectivity index (χ2v) is 4.77. The third-order valence-corrected chi connectivity index (χ3v) is 3.40. The van der Waals surface area contributed by atoms with Gasteiger partial charge in [0.2, 0.25) is 0 Å². The Morgan fingerprint density at radius 2 is 2.10 bits per heavy atom. The molecule has 1 rings (SSSR count). The van der Waals surface area contributed by atoms with Crippen LogP contribution in [-0.4, -0.2) is 28.0 Å². The summed E-state index contributed by atoms with van der Waals surface area (Å²) in [6.45, 7) is 3.32. The Kier molecular flexibility index (Phi) is 5.21. The van der Waals surface area contributed by atoms with Crippen LogP contribution in [0.5, 0.6) is 0 Å². The van der Waals surface area contributed by atoms with Gasteiger partial charge in [-0.25, -0.2) is 0 Å². The van der Waals surface area contributed by atoms with Crippen molar-refractivity contribution in [2.24, 2.45) is 0 Å². The first-order valence-corrected chi connectivity index (χ1v) is 6.53. The maximum absolute atomic E-state index is 12.1. The SMILES string of the molecule is CCC(C)(NC(=O)c1cccc([N+](=O)[O-])c1)C(=O)CCl. The lowest BCUT2D eigenvalue weighted by molar-refractivity contribution is -0.384. The fraction of sp³-hybridized carbons (Fsp3) is 0.385. The van der Waals surface area contributed by atoms with Crippen molar-refractivity contribution in [1.82, 2.24) is 5.32 Å². The fourth-order valence-corrected chi connectivity index (χ4v) is 1.88. The van der Waals surface area contributed by atoms with Crippen molar-refractivity contribution in [3.63, 3.8) is 0 Å². The van der Waals surface area contributed by atoms with Gasteiger partial charge < -0.3 is 5.32 Å². The minimum atomic E-state index is -1.08. The number of nitro benzene ring substituents is 1. The summed E-state index contributed by atoms with van der Waals surface area (Å²) in [6, 6.07) is 5.32. The number of hydrogen-bond acceptors (Lipinski definition) is 4. The molecule has 0 aromatic heterocycles. The van der Waals surface area contributed by atoms with Crippen molar-refractivity contribution < 1.29 is 14.5 Å². The lowest BCUT2D eigenvalue weighted by Gasteiger charge is -2.27. The topological polar surface area (TPSA) is 89.3 Å². The Bertz CT molecular complexity index is 547. The minimum absolute atomic E-state index is 0.126. The third kappa shape index (κ3) is 3.54. The number of amides is 1. The van der Waals surface area contributed by atoms with Crippen molar-refractivity contribution in [3.05, 3.63) is 39.9 Å². The second-order valence-electron chi connectivity index (χ2n) is 4.50. The van der Waals surface area contributed by atoms with Crippen LogP contribution in [0.15, 0.2) is 24.3 Å². The zero-order valence-corrected chi connectivity index (χ0v) is 11.9. The van der Waals surface area contributed by atoms with Gasteiger partial charge in [0.05, 0.1) is 16.3 Å². The lowest BCUT2D eigenvalue weighted by atomic mass is 9.93. The van der Waals surface area contributed by atoms with E-state index in [1.54, 1.807) is 13.8 Å². The molecule has 0 aliphatic rings. The largest absolute Gasteiger partial charge is 0.340 e. The molecule has 20 heavy (non-hydrogen) atoms. The number of ketones is 1. The van der Waals surface area contributed by atoms with Crippen molar-refractivity contribution >= 4 is 29.0 Å². The van der Waals surface area contributed by atoms with Crippen LogP contribution in [0.25, 0.3) is 0 Å². The van der Waals surface area contributed by atoms with Gasteiger partial charge in [-0.2, -0.15) is 0 Å². The average Bonchev–Trinajstić information content (AvgIpc) is 2.46. The highest BCUT2D eigenvalue weighted by molar-refractivity contribution is 6.29. The zero-order chi connectivity index (χ0) is 15.3. The van der Waals surface area contributed by atoms with E-state index >= 15 is 0 Å². The number of rotatable bonds is 6. The number of hydrogen-bond donors (Lipinski definition) is 1. The Balaban J connectivity index is 2.98. The summed E-state index contributed by atoms with van der Waals surface area (Å²) in [6.07, 6.45) is 0.374. The molecule has 108 valence electrons. The van der Waals surface area contributed by atoms with Crippen LogP contribution in [0.1, 0.15) is 30.6 Å². The molecule has 0 aliphatic carbocycles. The molecule has 0 radical (unpaired) electrons. The normalized spacial score (nSPS) is 13.3. The van der Waals surface area contributed by atoms with Gasteiger partial charge in [-0.3, -0.25) is 19.7 Å². The Morgan fingerprint density at radius 1 is 1.45 bits per heavy atom. The number of nitrogens with one attached hydrogen (secondary N) is 1. The van der Waals surface area contributed by atoms with Crippen molar-refractivity contribution in [1.29, 1.82) is 0 Å². The van der Waals surface area contributed by atoms with E-state index in [9.17, 15) is 19.7 Å². The van der Waals surface area contributed by atoms with Crippen LogP contribution in [-0.2, 0) is 4.79 Å². The van der Waals surface area contributed by atoms with E-state index in [2.05, 4.69) is 5.32 Å². The molecular weight excluding hydrogens is 284 g/mol. The molecule has 1 unspecified atom stereocenters. The monoisotopic (exact) mass is 298 g/mol. The maximum Gasteiger partial charge on any atom is 0.270 e. The van der Waals surface area contributed by atoms with Crippen molar-refractivity contribution in [3.8, 4) is 0 Å². The molecule has 1 aromatic rings. The Morgan fingerprint density at radius 3 is 2.60 bits per heavy atom. The number of non-ortho nitro benzene ring substituents is 1. The van der Waals surface area contributed by atoms with Crippen molar-refractivity contribution in [2.75, 3.05) is 5.88 Å². The predicted molar refractivity (Wildman–Crippen MR) is 75.0 cm³/mol. The van der Waals surface area contributed by atoms with Crippen LogP contribution < -0.4 is 5.32 Å². The summed E-state index contributed by atoms with van der Waals surface area (Å²) < 4.78 is 0. The van der Waals surface area contributed by atoms with Crippen LogP contribution in [0.2, 0.25) is 0 Å². The van der Waals surface area contributed by atoms with Gasteiger partial charge in [-0.05, 0) is 19.4 Å². The number of halogens is 1. The fourth-order valence-electron chi connectivity index (χ4n) is 1.59. The van der Waals surface area contributed by atoms with Gasteiger partial charge in [0.25, 0.3) is 11.6 Å². The Hall–Kier alpha value is -1.95. The minimum Gasteiger partial charge on any atom is -0.340 e. The maximum atomic E-state index is 12.1. The number of nitro groups is 1. The molecule has 0 saturated carbocycles. The predicted octanol–water partition coefficient (Wildman–Crippen LogP) is 2.30. The number of Topliss-reactive ketones (excluding diaryl/α,β-unsaturated/α-hetero) is 1. The number of alkyl halides is 1. The Labute approximate surface area is 121 Å². The summed E-state index contributed by atoms with van der Waals surface area (Å²) in [4.78, 5) is 33.9. The van der Waals surface area contributed by atoms with Gasteiger partial charge in [-0.1, -0.05) is 13.0 Å². The van der Waals surface area contributed by atoms with Gasteiger partial charge >= 0.3 is 0 Å². The molecule has 0 aliphatic heterocycles. The summed E-state index contributed by atoms with van der Waals surface area (Å²) >= 11 is 5.52. The van der Waals surface area contributed by atoms with E-state index in [1.165, 1.54) is 18.2 Å². The van der Waals surface area contributed by atoms with Crippen LogP contribution in [0.3, 0.4) is 0 Å². The van der Waals surface area contributed by atoms with Gasteiger partial charge in [0.15, 0.2) is 5.78 Å². The molecular formula is C13H15ClN2O4. The zero-order valence-electron chi connectivity index (χ0n) is 11.2. The molecule has 1 aromatic carbocycles. The summed E-state index contributed by atoms with van der Waals surface area (Å²) in [5.74, 6) is -1.06. The molecule has 1 N–H and O–H groups in total. The van der Waals surface area contributed by atoms with E-state index < -0.39 is 16.4 Å². The number of nitrogens with zero attached hydrogens (tertiary/aromatic N) is 1. The molecule has 1 amide bonds. The lowest BCUT2D eigenvalue weighted by Crippen LogP contribution is -2.52. The summed E-state index contributed by atoms with van der Waals surface area (Å²) in [7, 11) is 0. The molecule has 0 bridgehead atoms. The van der Waals surface area contributed by atoms with E-state index in [4.69, 9.17) is 11.6 Å². The second kappa shape index (κ2) is 6.47. The highest BCUT2D eigenvalue weighted by Crippen LogP contribution is 2.16. The standard InChI is InChI=1S/C13H15ClN2O4/c1-3-13(2,11(17)8-14)15-12(18)9-5-4-6-10(7-9)16(19)20/h4-7H,3,8H2,1-2H3,(H,15,18). The highest BCUT2D eigenvalue weighted by Gasteiger charge is 2.32. The van der Waals surface area contributed by atoms with Crippen LogP contribution in [0, 0.1) is 10.1 Å². The molecule has 0 spiro atoms. The number of benzene rings is 1.